The van der Waals surface area contributed by atoms with E-state index in [1.807, 2.05) is 0 Å². The number of amides is 1. The van der Waals surface area contributed by atoms with Crippen LogP contribution >= 0.6 is 0 Å². The van der Waals surface area contributed by atoms with Gasteiger partial charge in [0.1, 0.15) is 0 Å². The quantitative estimate of drug-likeness (QED) is 0.695. The fourth-order valence-electron chi connectivity index (χ4n) is 2.47. The summed E-state index contributed by atoms with van der Waals surface area (Å²) >= 11 is 0. The molecule has 0 aromatic heterocycles. The number of carbonyl (C=O) groups is 1. The van der Waals surface area contributed by atoms with Gasteiger partial charge in [0.2, 0.25) is 5.91 Å². The molecule has 0 radical (unpaired) electrons. The number of hydrogen-bond acceptors (Lipinski definition) is 4. The summed E-state index contributed by atoms with van der Waals surface area (Å²) in [5.74, 6) is 0.296. The van der Waals surface area contributed by atoms with E-state index in [-0.39, 0.29) is 11.8 Å². The first-order valence-corrected chi connectivity index (χ1v) is 7.04. The molecular weight excluding hydrogens is 232 g/mol. The maximum absolute atomic E-state index is 11.8. The molecule has 0 saturated carbocycles. The number of carbonyl (C=O) groups excluding carboxylic acids is 1. The van der Waals surface area contributed by atoms with Gasteiger partial charge in [0.15, 0.2) is 0 Å². The van der Waals surface area contributed by atoms with E-state index < -0.39 is 0 Å². The van der Waals surface area contributed by atoms with Crippen LogP contribution < -0.4 is 10.6 Å². The molecule has 2 rings (SSSR count). The van der Waals surface area contributed by atoms with E-state index >= 15 is 0 Å². The lowest BCUT2D eigenvalue weighted by molar-refractivity contribution is -0.128. The molecule has 2 fully saturated rings. The van der Waals surface area contributed by atoms with Crippen LogP contribution in [-0.4, -0.2) is 51.5 Å². The van der Waals surface area contributed by atoms with Crippen molar-refractivity contribution in [3.8, 4) is 0 Å². The molecule has 104 valence electrons. The number of piperidine rings is 1. The largest absolute Gasteiger partial charge is 0.381 e. The molecule has 0 atom stereocenters. The van der Waals surface area contributed by atoms with E-state index in [4.69, 9.17) is 9.47 Å². The molecule has 5 nitrogen and oxygen atoms in total. The molecule has 2 saturated heterocycles. The summed E-state index contributed by atoms with van der Waals surface area (Å²) in [5, 5.41) is 6.26. The van der Waals surface area contributed by atoms with Gasteiger partial charge in [-0.05, 0) is 38.8 Å². The highest BCUT2D eigenvalue weighted by molar-refractivity contribution is 5.78. The fourth-order valence-corrected chi connectivity index (χ4v) is 2.47. The van der Waals surface area contributed by atoms with Crippen molar-refractivity contribution >= 4 is 5.91 Å². The molecular formula is C13H24N2O3. The first-order chi connectivity index (χ1) is 8.86. The summed E-state index contributed by atoms with van der Waals surface area (Å²) in [4.78, 5) is 11.8. The second-order valence-corrected chi connectivity index (χ2v) is 5.00. The molecule has 2 aliphatic rings. The van der Waals surface area contributed by atoms with Crippen molar-refractivity contribution in [2.75, 3.05) is 39.5 Å². The number of ether oxygens (including phenoxy) is 2. The molecule has 0 unspecified atom stereocenters. The molecule has 0 aromatic rings. The van der Waals surface area contributed by atoms with Crippen LogP contribution in [0.1, 0.15) is 25.7 Å². The summed E-state index contributed by atoms with van der Waals surface area (Å²) in [7, 11) is 0. The average Bonchev–Trinajstić information content (AvgIpc) is 2.45. The summed E-state index contributed by atoms with van der Waals surface area (Å²) in [6.45, 7) is 4.76. The highest BCUT2D eigenvalue weighted by Crippen LogP contribution is 2.14. The molecule has 2 aliphatic heterocycles. The van der Waals surface area contributed by atoms with Crippen molar-refractivity contribution in [1.82, 2.24) is 10.6 Å². The monoisotopic (exact) mass is 256 g/mol. The van der Waals surface area contributed by atoms with Crippen molar-refractivity contribution in [3.05, 3.63) is 0 Å². The molecule has 2 N–H and O–H groups in total. The van der Waals surface area contributed by atoms with Crippen LogP contribution in [0.15, 0.2) is 0 Å². The minimum Gasteiger partial charge on any atom is -0.381 e. The minimum atomic E-state index is 0.137. The van der Waals surface area contributed by atoms with Gasteiger partial charge in [0, 0.05) is 25.7 Å². The zero-order chi connectivity index (χ0) is 12.6. The Morgan fingerprint density at radius 2 is 1.94 bits per heavy atom. The number of hydrogen-bond donors (Lipinski definition) is 2. The third-order valence-corrected chi connectivity index (χ3v) is 3.63. The van der Waals surface area contributed by atoms with E-state index in [0.717, 1.165) is 38.8 Å². The second kappa shape index (κ2) is 7.71. The SMILES string of the molecule is O=C(NCCOC1CCNCC1)C1CCOCC1. The second-order valence-electron chi connectivity index (χ2n) is 5.00. The summed E-state index contributed by atoms with van der Waals surface area (Å²) in [6, 6.07) is 0. The lowest BCUT2D eigenvalue weighted by Crippen LogP contribution is -2.37. The van der Waals surface area contributed by atoms with Crippen LogP contribution in [0.3, 0.4) is 0 Å². The Bertz CT molecular complexity index is 249. The Balaban J connectivity index is 1.52. The maximum atomic E-state index is 11.8. The predicted octanol–water partition coefficient (Wildman–Crippen LogP) is 0.298. The Labute approximate surface area is 109 Å². The van der Waals surface area contributed by atoms with Crippen LogP contribution in [0.25, 0.3) is 0 Å². The molecule has 0 aromatic carbocycles. The van der Waals surface area contributed by atoms with E-state index in [1.165, 1.54) is 0 Å². The van der Waals surface area contributed by atoms with Crippen LogP contribution in [-0.2, 0) is 14.3 Å². The van der Waals surface area contributed by atoms with Crippen molar-refractivity contribution in [2.24, 2.45) is 5.92 Å². The molecule has 0 bridgehead atoms. The lowest BCUT2D eigenvalue weighted by atomic mass is 9.99. The molecule has 1 amide bonds. The van der Waals surface area contributed by atoms with Crippen molar-refractivity contribution in [2.45, 2.75) is 31.8 Å². The summed E-state index contributed by atoms with van der Waals surface area (Å²) < 4.78 is 11.0. The van der Waals surface area contributed by atoms with Crippen molar-refractivity contribution in [3.63, 3.8) is 0 Å². The number of rotatable bonds is 5. The standard InChI is InChI=1S/C13H24N2O3/c16-13(11-3-8-17-9-4-11)15-7-10-18-12-1-5-14-6-2-12/h11-12,14H,1-10H2,(H,15,16). The van der Waals surface area contributed by atoms with Gasteiger partial charge in [-0.1, -0.05) is 0 Å². The van der Waals surface area contributed by atoms with Crippen molar-refractivity contribution in [1.29, 1.82) is 0 Å². The van der Waals surface area contributed by atoms with Crippen LogP contribution in [0, 0.1) is 5.92 Å². The van der Waals surface area contributed by atoms with Gasteiger partial charge in [0.05, 0.1) is 12.7 Å². The first kappa shape index (κ1) is 13.8. The topological polar surface area (TPSA) is 59.6 Å². The Hall–Kier alpha value is -0.650. The van der Waals surface area contributed by atoms with Gasteiger partial charge >= 0.3 is 0 Å². The average molecular weight is 256 g/mol. The summed E-state index contributed by atoms with van der Waals surface area (Å²) in [5.41, 5.74) is 0. The van der Waals surface area contributed by atoms with E-state index in [0.29, 0.717) is 32.5 Å². The third kappa shape index (κ3) is 4.55. The maximum Gasteiger partial charge on any atom is 0.223 e. The molecule has 5 heteroatoms. The smallest absolute Gasteiger partial charge is 0.223 e. The van der Waals surface area contributed by atoms with Gasteiger partial charge in [0.25, 0.3) is 0 Å². The number of nitrogens with one attached hydrogen (secondary N) is 2. The van der Waals surface area contributed by atoms with Gasteiger partial charge < -0.3 is 20.1 Å². The van der Waals surface area contributed by atoms with Gasteiger partial charge in [-0.3, -0.25) is 4.79 Å². The van der Waals surface area contributed by atoms with Gasteiger partial charge in [-0.2, -0.15) is 0 Å². The third-order valence-electron chi connectivity index (χ3n) is 3.63. The molecule has 18 heavy (non-hydrogen) atoms. The summed E-state index contributed by atoms with van der Waals surface area (Å²) in [6.07, 6.45) is 4.22. The zero-order valence-electron chi connectivity index (χ0n) is 11.0. The Kier molecular flexibility index (Phi) is 5.90. The Morgan fingerprint density at radius 3 is 2.67 bits per heavy atom. The van der Waals surface area contributed by atoms with E-state index in [9.17, 15) is 4.79 Å². The molecule has 0 aliphatic carbocycles. The zero-order valence-corrected chi connectivity index (χ0v) is 11.0. The van der Waals surface area contributed by atoms with E-state index in [2.05, 4.69) is 10.6 Å². The van der Waals surface area contributed by atoms with Crippen LogP contribution in [0.2, 0.25) is 0 Å². The Morgan fingerprint density at radius 1 is 1.22 bits per heavy atom. The fraction of sp³-hybridized carbons (Fsp3) is 0.923. The minimum absolute atomic E-state index is 0.137. The van der Waals surface area contributed by atoms with E-state index in [1.54, 1.807) is 0 Å². The van der Waals surface area contributed by atoms with Gasteiger partial charge in [-0.15, -0.1) is 0 Å². The van der Waals surface area contributed by atoms with Crippen LogP contribution in [0.5, 0.6) is 0 Å². The normalized spacial score (nSPS) is 22.9. The van der Waals surface area contributed by atoms with Crippen molar-refractivity contribution < 1.29 is 14.3 Å². The van der Waals surface area contributed by atoms with Gasteiger partial charge in [-0.25, -0.2) is 0 Å². The highest BCUT2D eigenvalue weighted by atomic mass is 16.5. The predicted molar refractivity (Wildman–Crippen MR) is 68.4 cm³/mol. The first-order valence-electron chi connectivity index (χ1n) is 7.04. The molecule has 0 spiro atoms. The van der Waals surface area contributed by atoms with Crippen LogP contribution in [0.4, 0.5) is 0 Å². The highest BCUT2D eigenvalue weighted by Gasteiger charge is 2.21. The molecule has 2 heterocycles. The lowest BCUT2D eigenvalue weighted by Gasteiger charge is -2.24.